The van der Waals surface area contributed by atoms with Crippen LogP contribution in [-0.4, -0.2) is 11.6 Å². The Morgan fingerprint density at radius 1 is 0.462 bits per heavy atom. The van der Waals surface area contributed by atoms with Crippen LogP contribution in [0.4, 0.5) is 0 Å². The summed E-state index contributed by atoms with van der Waals surface area (Å²) in [7, 11) is 0. The Bertz CT molecular complexity index is 2190. The predicted molar refractivity (Wildman–Crippen MR) is 232 cm³/mol. The molecule has 0 amide bonds. The van der Waals surface area contributed by atoms with Gasteiger partial charge in [-0.3, -0.25) is 9.59 Å². The molecule has 8 heteroatoms. The molecule has 0 radical (unpaired) electrons. The minimum atomic E-state index is 0.0706. The summed E-state index contributed by atoms with van der Waals surface area (Å²) in [5.41, 5.74) is 2.75. The fourth-order valence-electron chi connectivity index (χ4n) is 7.49. The first-order valence-corrected chi connectivity index (χ1v) is 23.9. The normalized spacial score (nSPS) is 13.9. The van der Waals surface area contributed by atoms with Crippen molar-refractivity contribution in [2.45, 2.75) is 106 Å². The molecule has 0 saturated heterocycles. The van der Waals surface area contributed by atoms with Crippen LogP contribution in [0.5, 0.6) is 0 Å². The Labute approximate surface area is 333 Å². The smallest absolute Gasteiger partial charge is 0.197 e. The zero-order valence-electron chi connectivity index (χ0n) is 31.1. The zero-order chi connectivity index (χ0) is 36.5. The molecule has 0 spiro atoms. The van der Waals surface area contributed by atoms with Crippen LogP contribution >= 0.6 is 68.0 Å². The number of aryl methyl sites for hydroxylation is 2. The van der Waals surface area contributed by atoms with Crippen molar-refractivity contribution in [1.29, 1.82) is 0 Å². The molecule has 6 aromatic rings. The number of fused-ring (bicyclic) bond motifs is 2. The molecule has 7 rings (SSSR count). The van der Waals surface area contributed by atoms with E-state index in [1.807, 2.05) is 22.7 Å². The minimum Gasteiger partial charge on any atom is -0.288 e. The maximum absolute atomic E-state index is 15.3. The first kappa shape index (κ1) is 37.8. The van der Waals surface area contributed by atoms with Crippen molar-refractivity contribution in [3.05, 3.63) is 90.3 Å². The fourth-order valence-corrected chi connectivity index (χ4v) is 14.5. The van der Waals surface area contributed by atoms with Crippen LogP contribution < -0.4 is 0 Å². The van der Waals surface area contributed by atoms with Crippen molar-refractivity contribution >= 4 is 79.6 Å². The van der Waals surface area contributed by atoms with Gasteiger partial charge in [-0.05, 0) is 87.1 Å². The van der Waals surface area contributed by atoms with Crippen molar-refractivity contribution in [3.63, 3.8) is 0 Å². The van der Waals surface area contributed by atoms with Gasteiger partial charge in [0, 0.05) is 59.9 Å². The van der Waals surface area contributed by atoms with Crippen LogP contribution in [0.25, 0.3) is 39.0 Å². The second-order valence-corrected chi connectivity index (χ2v) is 21.2. The number of hydrogen-bond donors (Lipinski definition) is 0. The first-order valence-electron chi connectivity index (χ1n) is 19.0. The molecule has 2 atom stereocenters. The molecule has 0 aliphatic heterocycles. The van der Waals surface area contributed by atoms with E-state index in [-0.39, 0.29) is 11.6 Å². The lowest BCUT2D eigenvalue weighted by molar-refractivity contribution is 0.0980. The highest BCUT2D eigenvalue weighted by molar-refractivity contribution is 7.30. The summed E-state index contributed by atoms with van der Waals surface area (Å²) < 4.78 is 0. The molecule has 0 N–H and O–H groups in total. The summed E-state index contributed by atoms with van der Waals surface area (Å²) in [6, 6.07) is 17.5. The Balaban J connectivity index is 1.35. The van der Waals surface area contributed by atoms with Gasteiger partial charge in [-0.25, -0.2) is 0 Å². The molecule has 1 aliphatic rings. The van der Waals surface area contributed by atoms with E-state index in [0.29, 0.717) is 23.0 Å². The second kappa shape index (κ2) is 16.5. The third-order valence-electron chi connectivity index (χ3n) is 10.5. The number of carbonyl (C=O) groups is 2. The summed E-state index contributed by atoms with van der Waals surface area (Å²) >= 11 is 10.6. The van der Waals surface area contributed by atoms with E-state index in [1.165, 1.54) is 54.9 Å². The van der Waals surface area contributed by atoms with E-state index >= 15 is 9.59 Å². The zero-order valence-corrected chi connectivity index (χ0v) is 36.0. The highest BCUT2D eigenvalue weighted by Gasteiger charge is 2.42. The molecule has 0 saturated carbocycles. The molecule has 272 valence electrons. The van der Waals surface area contributed by atoms with Gasteiger partial charge in [0.15, 0.2) is 11.6 Å². The quantitative estimate of drug-likeness (QED) is 0.0975. The SMILES string of the molecule is CCCCC(CC)Cc1sc(CC(CC)CCCC)c2c1C(=O)c1c(-c3ccc(C)s3)sc(-c3ccc(-c4ccc(-c5ccc(C)s5)s4)s3)c1C2=O. The molecule has 6 heterocycles. The van der Waals surface area contributed by atoms with Gasteiger partial charge in [-0.15, -0.1) is 68.0 Å². The Kier molecular flexibility index (Phi) is 12.0. The fraction of sp³-hybridized carbons (Fsp3) is 0.409. The highest BCUT2D eigenvalue weighted by atomic mass is 32.1. The molecule has 6 aromatic heterocycles. The number of carbonyl (C=O) groups excluding carboxylic acids is 2. The standard InChI is InChI=1S/C44H48O2S6/c1-7-11-13-27(9-3)23-35-37-38(36(51-35)24-28(10-4)14-12-8-2)42(46)40-39(41(37)45)43(33-18-16-26(6)48-33)52-44(40)34-22-21-32(50-34)31-20-19-30(49-31)29-17-15-25(5)47-29/h15-22,27-28H,7-14,23-24H2,1-6H3. The van der Waals surface area contributed by atoms with Crippen LogP contribution in [-0.2, 0) is 12.8 Å². The third-order valence-corrected chi connectivity index (χ3v) is 17.9. The lowest BCUT2D eigenvalue weighted by Crippen LogP contribution is -2.22. The Morgan fingerprint density at radius 2 is 0.846 bits per heavy atom. The second-order valence-electron chi connectivity index (χ2n) is 14.3. The lowest BCUT2D eigenvalue weighted by atomic mass is 9.81. The molecular formula is C44H48O2S6. The Hall–Kier alpha value is -2.46. The van der Waals surface area contributed by atoms with Crippen molar-refractivity contribution < 1.29 is 9.59 Å². The predicted octanol–water partition coefficient (Wildman–Crippen LogP) is 15.6. The largest absolute Gasteiger partial charge is 0.288 e. The summed E-state index contributed by atoms with van der Waals surface area (Å²) in [5, 5.41) is 0. The van der Waals surface area contributed by atoms with Gasteiger partial charge in [-0.2, -0.15) is 0 Å². The molecular weight excluding hydrogens is 753 g/mol. The van der Waals surface area contributed by atoms with Crippen LogP contribution in [0.2, 0.25) is 0 Å². The summed E-state index contributed by atoms with van der Waals surface area (Å²) in [6.07, 6.45) is 11.0. The number of ketones is 2. The topological polar surface area (TPSA) is 34.1 Å². The molecule has 0 aromatic carbocycles. The van der Waals surface area contributed by atoms with Gasteiger partial charge in [0.2, 0.25) is 0 Å². The number of thiophene rings is 6. The molecule has 2 nitrogen and oxygen atoms in total. The summed E-state index contributed by atoms with van der Waals surface area (Å²) in [6.45, 7) is 13.3. The number of rotatable bonds is 16. The Morgan fingerprint density at radius 3 is 1.27 bits per heavy atom. The number of hydrogen-bond acceptors (Lipinski definition) is 8. The van der Waals surface area contributed by atoms with E-state index in [9.17, 15) is 0 Å². The minimum absolute atomic E-state index is 0.0706. The van der Waals surface area contributed by atoms with E-state index in [1.54, 1.807) is 45.3 Å². The molecule has 0 fully saturated rings. The van der Waals surface area contributed by atoms with Gasteiger partial charge in [0.05, 0.1) is 20.9 Å². The maximum atomic E-state index is 15.3. The maximum Gasteiger partial charge on any atom is 0.197 e. The van der Waals surface area contributed by atoms with Crippen LogP contribution in [0.3, 0.4) is 0 Å². The van der Waals surface area contributed by atoms with Crippen LogP contribution in [0, 0.1) is 25.7 Å². The monoisotopic (exact) mass is 800 g/mol. The summed E-state index contributed by atoms with van der Waals surface area (Å²) in [5.74, 6) is 1.18. The van der Waals surface area contributed by atoms with Gasteiger partial charge >= 0.3 is 0 Å². The van der Waals surface area contributed by atoms with Crippen LogP contribution in [0.15, 0.2) is 48.5 Å². The van der Waals surface area contributed by atoms with Crippen molar-refractivity contribution in [1.82, 2.24) is 0 Å². The van der Waals surface area contributed by atoms with Crippen molar-refractivity contribution in [2.75, 3.05) is 0 Å². The van der Waals surface area contributed by atoms with Gasteiger partial charge in [0.1, 0.15) is 0 Å². The average molecular weight is 801 g/mol. The third kappa shape index (κ3) is 7.45. The molecule has 2 unspecified atom stereocenters. The molecule has 1 aliphatic carbocycles. The molecule has 52 heavy (non-hydrogen) atoms. The summed E-state index contributed by atoms with van der Waals surface area (Å²) in [4.78, 5) is 44.3. The van der Waals surface area contributed by atoms with Crippen molar-refractivity contribution in [3.8, 4) is 39.0 Å². The van der Waals surface area contributed by atoms with Gasteiger partial charge in [0.25, 0.3) is 0 Å². The number of unbranched alkanes of at least 4 members (excludes halogenated alkanes) is 2. The van der Waals surface area contributed by atoms with E-state index in [4.69, 9.17) is 0 Å². The van der Waals surface area contributed by atoms with E-state index < -0.39 is 0 Å². The van der Waals surface area contributed by atoms with Gasteiger partial charge < -0.3 is 0 Å². The highest BCUT2D eigenvalue weighted by Crippen LogP contribution is 2.53. The van der Waals surface area contributed by atoms with Gasteiger partial charge in [-0.1, -0.05) is 79.1 Å². The van der Waals surface area contributed by atoms with E-state index in [0.717, 1.165) is 78.9 Å². The van der Waals surface area contributed by atoms with Crippen LogP contribution in [0.1, 0.15) is 130 Å². The first-order chi connectivity index (χ1) is 25.2. The van der Waals surface area contributed by atoms with Crippen molar-refractivity contribution in [2.24, 2.45) is 11.8 Å². The van der Waals surface area contributed by atoms with E-state index in [2.05, 4.69) is 90.1 Å². The average Bonchev–Trinajstić information content (AvgIpc) is 3.98. The molecule has 0 bridgehead atoms. The lowest BCUT2D eigenvalue weighted by Gasteiger charge is -2.19.